The van der Waals surface area contributed by atoms with Crippen molar-refractivity contribution in [3.05, 3.63) is 53.3 Å². The van der Waals surface area contributed by atoms with Crippen molar-refractivity contribution in [2.75, 3.05) is 6.54 Å². The Balaban J connectivity index is 2.22. The number of rotatable bonds is 4. The van der Waals surface area contributed by atoms with Crippen LogP contribution in [0.3, 0.4) is 0 Å². The lowest BCUT2D eigenvalue weighted by molar-refractivity contribution is 0.0747. The molecule has 1 aromatic carbocycles. The number of amides is 1. The zero-order valence-electron chi connectivity index (χ0n) is 12.1. The fourth-order valence-electron chi connectivity index (χ4n) is 2.08. The summed E-state index contributed by atoms with van der Waals surface area (Å²) in [5, 5.41) is 19.1. The second kappa shape index (κ2) is 6.26. The van der Waals surface area contributed by atoms with Crippen molar-refractivity contribution in [2.45, 2.75) is 20.4 Å². The predicted octanol–water partition coefficient (Wildman–Crippen LogP) is 2.46. The molecule has 0 fully saturated rings. The van der Waals surface area contributed by atoms with Gasteiger partial charge in [-0.2, -0.15) is 0 Å². The number of phenols is 2. The van der Waals surface area contributed by atoms with Crippen molar-refractivity contribution < 1.29 is 15.0 Å². The van der Waals surface area contributed by atoms with Crippen LogP contribution in [0, 0.1) is 6.92 Å². The molecule has 5 heteroatoms. The second-order valence-electron chi connectivity index (χ2n) is 4.79. The highest BCUT2D eigenvalue weighted by Crippen LogP contribution is 2.24. The number of phenolic OH excluding ortho intramolecular Hbond substituents is 2. The maximum Gasteiger partial charge on any atom is 0.257 e. The van der Waals surface area contributed by atoms with E-state index in [0.717, 1.165) is 17.5 Å². The van der Waals surface area contributed by atoms with Gasteiger partial charge in [-0.15, -0.1) is 0 Å². The summed E-state index contributed by atoms with van der Waals surface area (Å²) in [6.07, 6.45) is 0. The third kappa shape index (κ3) is 3.51. The van der Waals surface area contributed by atoms with Gasteiger partial charge in [0.2, 0.25) is 0 Å². The Morgan fingerprint density at radius 1 is 1.24 bits per heavy atom. The third-order valence-electron chi connectivity index (χ3n) is 3.18. The molecular weight excluding hydrogens is 268 g/mol. The van der Waals surface area contributed by atoms with Gasteiger partial charge in [-0.25, -0.2) is 0 Å². The minimum atomic E-state index is -0.293. The Hall–Kier alpha value is -2.56. The van der Waals surface area contributed by atoms with Crippen LogP contribution in [0.2, 0.25) is 0 Å². The largest absolute Gasteiger partial charge is 0.508 e. The lowest BCUT2D eigenvalue weighted by atomic mass is 10.1. The fourth-order valence-corrected chi connectivity index (χ4v) is 2.08. The Labute approximate surface area is 123 Å². The molecule has 0 aliphatic carbocycles. The number of hydrogen-bond acceptors (Lipinski definition) is 4. The minimum Gasteiger partial charge on any atom is -0.508 e. The van der Waals surface area contributed by atoms with Crippen molar-refractivity contribution in [2.24, 2.45) is 0 Å². The molecule has 1 heterocycles. The zero-order chi connectivity index (χ0) is 15.4. The minimum absolute atomic E-state index is 0.0764. The fraction of sp³-hybridized carbons (Fsp3) is 0.250. The van der Waals surface area contributed by atoms with Crippen LogP contribution >= 0.6 is 0 Å². The van der Waals surface area contributed by atoms with Crippen molar-refractivity contribution >= 4 is 5.91 Å². The highest BCUT2D eigenvalue weighted by molar-refractivity contribution is 5.97. The summed E-state index contributed by atoms with van der Waals surface area (Å²) in [5.41, 5.74) is 1.86. The van der Waals surface area contributed by atoms with Crippen LogP contribution in [0.4, 0.5) is 0 Å². The SMILES string of the molecule is CCN(Cc1cccc(C)n1)C(=O)c1ccc(O)cc1O. The molecule has 0 saturated heterocycles. The summed E-state index contributed by atoms with van der Waals surface area (Å²) in [7, 11) is 0. The molecule has 2 rings (SSSR count). The standard InChI is InChI=1S/C16H18N2O3/c1-3-18(10-12-6-4-5-11(2)17-12)16(21)14-8-7-13(19)9-15(14)20/h4-9,19-20H,3,10H2,1-2H3. The monoisotopic (exact) mass is 286 g/mol. The number of hydrogen-bond donors (Lipinski definition) is 2. The molecule has 0 saturated carbocycles. The van der Waals surface area contributed by atoms with Crippen LogP contribution < -0.4 is 0 Å². The van der Waals surface area contributed by atoms with E-state index in [-0.39, 0.29) is 23.0 Å². The van der Waals surface area contributed by atoms with Crippen molar-refractivity contribution in [3.8, 4) is 11.5 Å². The molecule has 0 atom stereocenters. The summed E-state index contributed by atoms with van der Waals surface area (Å²) in [4.78, 5) is 18.4. The Kier molecular flexibility index (Phi) is 4.42. The molecule has 110 valence electrons. The molecular formula is C16H18N2O3. The first-order valence-corrected chi connectivity index (χ1v) is 6.75. The third-order valence-corrected chi connectivity index (χ3v) is 3.18. The van der Waals surface area contributed by atoms with Crippen molar-refractivity contribution in [1.29, 1.82) is 0 Å². The summed E-state index contributed by atoms with van der Waals surface area (Å²) in [6, 6.07) is 9.61. The van der Waals surface area contributed by atoms with Gasteiger partial charge in [-0.1, -0.05) is 6.07 Å². The van der Waals surface area contributed by atoms with Crippen LogP contribution in [0.25, 0.3) is 0 Å². The van der Waals surface area contributed by atoms with E-state index in [1.54, 1.807) is 4.90 Å². The van der Waals surface area contributed by atoms with E-state index in [2.05, 4.69) is 4.98 Å². The van der Waals surface area contributed by atoms with Gasteiger partial charge in [-0.3, -0.25) is 9.78 Å². The molecule has 0 aliphatic rings. The topological polar surface area (TPSA) is 73.7 Å². The van der Waals surface area contributed by atoms with E-state index in [9.17, 15) is 15.0 Å². The van der Waals surface area contributed by atoms with Gasteiger partial charge in [0.05, 0.1) is 17.8 Å². The van der Waals surface area contributed by atoms with Gasteiger partial charge in [0.1, 0.15) is 11.5 Å². The number of pyridine rings is 1. The van der Waals surface area contributed by atoms with Gasteiger partial charge in [-0.05, 0) is 38.1 Å². The van der Waals surface area contributed by atoms with E-state index < -0.39 is 0 Å². The van der Waals surface area contributed by atoms with Gasteiger partial charge >= 0.3 is 0 Å². The highest BCUT2D eigenvalue weighted by Gasteiger charge is 2.18. The average molecular weight is 286 g/mol. The average Bonchev–Trinajstić information content (AvgIpc) is 2.44. The van der Waals surface area contributed by atoms with Gasteiger partial charge in [0.25, 0.3) is 5.91 Å². The number of carbonyl (C=O) groups is 1. The molecule has 0 spiro atoms. The number of carbonyl (C=O) groups excluding carboxylic acids is 1. The first-order valence-electron chi connectivity index (χ1n) is 6.75. The molecule has 21 heavy (non-hydrogen) atoms. The summed E-state index contributed by atoms with van der Waals surface area (Å²) in [5.74, 6) is -0.596. The molecule has 0 radical (unpaired) electrons. The van der Waals surface area contributed by atoms with Crippen LogP contribution in [0.15, 0.2) is 36.4 Å². The van der Waals surface area contributed by atoms with Crippen molar-refractivity contribution in [1.82, 2.24) is 9.88 Å². The number of benzene rings is 1. The van der Waals surface area contributed by atoms with Gasteiger partial charge in [0, 0.05) is 18.3 Å². The number of nitrogens with zero attached hydrogens (tertiary/aromatic N) is 2. The highest BCUT2D eigenvalue weighted by atomic mass is 16.3. The molecule has 1 aromatic heterocycles. The quantitative estimate of drug-likeness (QED) is 0.905. The normalized spacial score (nSPS) is 10.4. The molecule has 0 bridgehead atoms. The molecule has 2 aromatic rings. The molecule has 5 nitrogen and oxygen atoms in total. The Morgan fingerprint density at radius 3 is 2.62 bits per heavy atom. The van der Waals surface area contributed by atoms with E-state index in [1.165, 1.54) is 12.1 Å². The number of aromatic nitrogens is 1. The predicted molar refractivity (Wildman–Crippen MR) is 79.2 cm³/mol. The molecule has 0 unspecified atom stereocenters. The lowest BCUT2D eigenvalue weighted by Gasteiger charge is -2.21. The molecule has 0 aliphatic heterocycles. The summed E-state index contributed by atoms with van der Waals surface area (Å²) in [6.45, 7) is 4.63. The van der Waals surface area contributed by atoms with Gasteiger partial charge in [0.15, 0.2) is 0 Å². The van der Waals surface area contributed by atoms with Crippen LogP contribution in [0.1, 0.15) is 28.7 Å². The van der Waals surface area contributed by atoms with E-state index >= 15 is 0 Å². The molecule has 1 amide bonds. The lowest BCUT2D eigenvalue weighted by Crippen LogP contribution is -2.30. The number of aryl methyl sites for hydroxylation is 1. The van der Waals surface area contributed by atoms with Crippen LogP contribution in [0.5, 0.6) is 11.5 Å². The van der Waals surface area contributed by atoms with E-state index in [1.807, 2.05) is 32.0 Å². The summed E-state index contributed by atoms with van der Waals surface area (Å²) < 4.78 is 0. The molecule has 2 N–H and O–H groups in total. The Bertz CT molecular complexity index is 656. The van der Waals surface area contributed by atoms with E-state index in [4.69, 9.17) is 0 Å². The zero-order valence-corrected chi connectivity index (χ0v) is 12.1. The Morgan fingerprint density at radius 2 is 2.00 bits per heavy atom. The van der Waals surface area contributed by atoms with Crippen LogP contribution in [-0.4, -0.2) is 32.5 Å². The maximum absolute atomic E-state index is 12.5. The number of aromatic hydroxyl groups is 2. The first kappa shape index (κ1) is 14.8. The smallest absolute Gasteiger partial charge is 0.257 e. The maximum atomic E-state index is 12.5. The first-order chi connectivity index (χ1) is 10.0. The van der Waals surface area contributed by atoms with Gasteiger partial charge < -0.3 is 15.1 Å². The van der Waals surface area contributed by atoms with Crippen molar-refractivity contribution in [3.63, 3.8) is 0 Å². The second-order valence-corrected chi connectivity index (χ2v) is 4.79. The van der Waals surface area contributed by atoms with Crippen LogP contribution in [-0.2, 0) is 6.54 Å². The van der Waals surface area contributed by atoms with E-state index in [0.29, 0.717) is 13.1 Å². The summed E-state index contributed by atoms with van der Waals surface area (Å²) >= 11 is 0.